The number of anilines is 1. The maximum absolute atomic E-state index is 13.0. The number of nitrogens with one attached hydrogen (secondary N) is 2. The lowest BCUT2D eigenvalue weighted by molar-refractivity contribution is -0.125. The van der Waals surface area contributed by atoms with Gasteiger partial charge in [-0.1, -0.05) is 30.5 Å². The lowest BCUT2D eigenvalue weighted by Crippen LogP contribution is -2.52. The molecule has 1 aliphatic carbocycles. The Balaban J connectivity index is 1.61. The molecule has 3 rings (SSSR count). The zero-order chi connectivity index (χ0) is 17.0. The minimum Gasteiger partial charge on any atom is -0.371 e. The second-order valence-corrected chi connectivity index (χ2v) is 7.76. The summed E-state index contributed by atoms with van der Waals surface area (Å²) in [6, 6.07) is 8.36. The zero-order valence-corrected chi connectivity index (χ0v) is 15.1. The van der Waals surface area contributed by atoms with Crippen LogP contribution in [0.1, 0.15) is 44.1 Å². The molecule has 1 aromatic carbocycles. The Labute approximate surface area is 146 Å². The Morgan fingerprint density at radius 2 is 1.92 bits per heavy atom. The first-order valence-electron chi connectivity index (χ1n) is 9.39. The number of aryl methyl sites for hydroxylation is 1. The third-order valence-electron chi connectivity index (χ3n) is 5.60. The zero-order valence-electron chi connectivity index (χ0n) is 15.1. The normalized spacial score (nSPS) is 23.8. The van der Waals surface area contributed by atoms with Crippen molar-refractivity contribution in [2.24, 2.45) is 5.92 Å². The molecule has 132 valence electrons. The molecule has 2 fully saturated rings. The van der Waals surface area contributed by atoms with E-state index in [1.165, 1.54) is 24.9 Å². The maximum Gasteiger partial charge on any atom is 0.245 e. The van der Waals surface area contributed by atoms with E-state index in [9.17, 15) is 4.79 Å². The highest BCUT2D eigenvalue weighted by Crippen LogP contribution is 2.33. The monoisotopic (exact) mass is 329 g/mol. The van der Waals surface area contributed by atoms with Crippen LogP contribution in [0.25, 0.3) is 0 Å². The van der Waals surface area contributed by atoms with Crippen LogP contribution in [-0.2, 0) is 4.79 Å². The lowest BCUT2D eigenvalue weighted by atomic mass is 9.94. The number of piperidine rings is 1. The Hall–Kier alpha value is -1.55. The molecule has 0 aromatic heterocycles. The summed E-state index contributed by atoms with van der Waals surface area (Å²) in [5, 5.41) is 6.81. The molecular formula is C20H31N3O. The van der Waals surface area contributed by atoms with Crippen LogP contribution < -0.4 is 10.6 Å². The summed E-state index contributed by atoms with van der Waals surface area (Å²) in [6.45, 7) is 5.17. The maximum atomic E-state index is 13.0. The summed E-state index contributed by atoms with van der Waals surface area (Å²) in [5.74, 6) is 0.777. The molecule has 1 saturated carbocycles. The van der Waals surface area contributed by atoms with E-state index in [2.05, 4.69) is 53.8 Å². The van der Waals surface area contributed by atoms with Crippen molar-refractivity contribution in [2.45, 2.75) is 51.0 Å². The largest absolute Gasteiger partial charge is 0.371 e. The van der Waals surface area contributed by atoms with Gasteiger partial charge in [-0.05, 0) is 64.3 Å². The fourth-order valence-corrected chi connectivity index (χ4v) is 4.15. The first-order valence-corrected chi connectivity index (χ1v) is 9.39. The van der Waals surface area contributed by atoms with Gasteiger partial charge >= 0.3 is 0 Å². The van der Waals surface area contributed by atoms with Crippen LogP contribution in [0, 0.1) is 12.8 Å². The predicted molar refractivity (Wildman–Crippen MR) is 99.2 cm³/mol. The molecule has 4 heteroatoms. The van der Waals surface area contributed by atoms with Crippen LogP contribution in [0.5, 0.6) is 0 Å². The van der Waals surface area contributed by atoms with Gasteiger partial charge in [0.2, 0.25) is 5.91 Å². The van der Waals surface area contributed by atoms with Gasteiger partial charge < -0.3 is 15.5 Å². The summed E-state index contributed by atoms with van der Waals surface area (Å²) in [7, 11) is 2.17. The van der Waals surface area contributed by atoms with Crippen molar-refractivity contribution in [1.29, 1.82) is 0 Å². The van der Waals surface area contributed by atoms with E-state index >= 15 is 0 Å². The van der Waals surface area contributed by atoms with E-state index in [1.807, 2.05) is 0 Å². The molecule has 0 spiro atoms. The van der Waals surface area contributed by atoms with Crippen molar-refractivity contribution in [3.8, 4) is 0 Å². The summed E-state index contributed by atoms with van der Waals surface area (Å²) in [4.78, 5) is 15.3. The Morgan fingerprint density at radius 1 is 1.21 bits per heavy atom. The number of carbonyl (C=O) groups is 1. The van der Waals surface area contributed by atoms with Crippen molar-refractivity contribution < 1.29 is 4.79 Å². The summed E-state index contributed by atoms with van der Waals surface area (Å²) in [6.07, 6.45) is 6.57. The van der Waals surface area contributed by atoms with Crippen molar-refractivity contribution in [3.05, 3.63) is 29.8 Å². The first-order chi connectivity index (χ1) is 11.6. The molecule has 0 bridgehead atoms. The lowest BCUT2D eigenvalue weighted by Gasteiger charge is -2.33. The number of hydrogen-bond donors (Lipinski definition) is 2. The number of amides is 1. The molecule has 2 N–H and O–H groups in total. The highest BCUT2D eigenvalue weighted by Gasteiger charge is 2.41. The van der Waals surface area contributed by atoms with E-state index in [0.29, 0.717) is 5.92 Å². The number of benzene rings is 1. The Morgan fingerprint density at radius 3 is 2.58 bits per heavy atom. The van der Waals surface area contributed by atoms with Crippen LogP contribution in [0.2, 0.25) is 0 Å². The van der Waals surface area contributed by atoms with Gasteiger partial charge in [-0.25, -0.2) is 0 Å². The summed E-state index contributed by atoms with van der Waals surface area (Å²) >= 11 is 0. The fraction of sp³-hybridized carbons (Fsp3) is 0.650. The van der Waals surface area contributed by atoms with Gasteiger partial charge in [0.15, 0.2) is 0 Å². The minimum absolute atomic E-state index is 0.189. The first kappa shape index (κ1) is 17.3. The molecule has 2 aliphatic rings. The molecule has 0 radical (unpaired) electrons. The smallest absolute Gasteiger partial charge is 0.245 e. The highest BCUT2D eigenvalue weighted by molar-refractivity contribution is 5.89. The SMILES string of the molecule is Cc1ccc(NC2(C(=O)NCC3CCCN(C)C3)CCCC2)cc1. The average molecular weight is 329 g/mol. The standard InChI is InChI=1S/C20H31N3O/c1-16-7-9-18(10-8-16)22-20(11-3-4-12-20)19(24)21-14-17-6-5-13-23(2)15-17/h7-10,17,22H,3-6,11-15H2,1-2H3,(H,21,24). The number of nitrogens with zero attached hydrogens (tertiary/aromatic N) is 1. The molecule has 1 aliphatic heterocycles. The second-order valence-electron chi connectivity index (χ2n) is 7.76. The van der Waals surface area contributed by atoms with Gasteiger partial charge in [0.05, 0.1) is 0 Å². The van der Waals surface area contributed by atoms with Crippen molar-refractivity contribution in [1.82, 2.24) is 10.2 Å². The molecule has 1 unspecified atom stereocenters. The van der Waals surface area contributed by atoms with E-state index < -0.39 is 5.54 Å². The molecule has 1 saturated heterocycles. The van der Waals surface area contributed by atoms with Crippen LogP contribution in [0.3, 0.4) is 0 Å². The Kier molecular flexibility index (Phi) is 5.44. The van der Waals surface area contributed by atoms with E-state index in [1.54, 1.807) is 0 Å². The molecule has 24 heavy (non-hydrogen) atoms. The average Bonchev–Trinajstić information content (AvgIpc) is 3.05. The van der Waals surface area contributed by atoms with E-state index in [0.717, 1.165) is 44.5 Å². The van der Waals surface area contributed by atoms with E-state index in [4.69, 9.17) is 0 Å². The Bertz CT molecular complexity index is 549. The predicted octanol–water partition coefficient (Wildman–Crippen LogP) is 3.18. The van der Waals surface area contributed by atoms with E-state index in [-0.39, 0.29) is 5.91 Å². The number of rotatable bonds is 5. The minimum atomic E-state index is -0.421. The molecular weight excluding hydrogens is 298 g/mol. The van der Waals surface area contributed by atoms with Gasteiger partial charge in [-0.3, -0.25) is 4.79 Å². The van der Waals surface area contributed by atoms with Crippen molar-refractivity contribution in [2.75, 3.05) is 32.0 Å². The van der Waals surface area contributed by atoms with Crippen molar-refractivity contribution >= 4 is 11.6 Å². The molecule has 4 nitrogen and oxygen atoms in total. The van der Waals surface area contributed by atoms with Gasteiger partial charge in [0, 0.05) is 18.8 Å². The van der Waals surface area contributed by atoms with Crippen LogP contribution in [-0.4, -0.2) is 43.0 Å². The summed E-state index contributed by atoms with van der Waals surface area (Å²) in [5.41, 5.74) is 1.87. The fourth-order valence-electron chi connectivity index (χ4n) is 4.15. The number of hydrogen-bond acceptors (Lipinski definition) is 3. The topological polar surface area (TPSA) is 44.4 Å². The number of carbonyl (C=O) groups excluding carboxylic acids is 1. The molecule has 1 aromatic rings. The third-order valence-corrected chi connectivity index (χ3v) is 5.60. The van der Waals surface area contributed by atoms with Gasteiger partial charge in [0.1, 0.15) is 5.54 Å². The third kappa shape index (κ3) is 4.10. The van der Waals surface area contributed by atoms with Crippen LogP contribution in [0.15, 0.2) is 24.3 Å². The van der Waals surface area contributed by atoms with Gasteiger partial charge in [-0.15, -0.1) is 0 Å². The molecule has 1 amide bonds. The molecule has 1 atom stereocenters. The quantitative estimate of drug-likeness (QED) is 0.872. The van der Waals surface area contributed by atoms with Crippen LogP contribution in [0.4, 0.5) is 5.69 Å². The summed E-state index contributed by atoms with van der Waals surface area (Å²) < 4.78 is 0. The number of likely N-dealkylation sites (tertiary alicyclic amines) is 1. The van der Waals surface area contributed by atoms with Crippen LogP contribution >= 0.6 is 0 Å². The second kappa shape index (κ2) is 7.56. The van der Waals surface area contributed by atoms with Gasteiger partial charge in [-0.2, -0.15) is 0 Å². The van der Waals surface area contributed by atoms with Gasteiger partial charge in [0.25, 0.3) is 0 Å². The highest BCUT2D eigenvalue weighted by atomic mass is 16.2. The van der Waals surface area contributed by atoms with Crippen molar-refractivity contribution in [3.63, 3.8) is 0 Å². The molecule has 1 heterocycles.